The average molecular weight is 324 g/mol. The van der Waals surface area contributed by atoms with Gasteiger partial charge in [0.1, 0.15) is 5.69 Å². The highest BCUT2D eigenvalue weighted by atomic mass is 32.1. The molecule has 0 atom stereocenters. The lowest BCUT2D eigenvalue weighted by Gasteiger charge is -2.29. The number of halogens is 7. The summed E-state index contributed by atoms with van der Waals surface area (Å²) in [7, 11) is 0. The fourth-order valence-corrected chi connectivity index (χ4v) is 1.67. The van der Waals surface area contributed by atoms with Crippen LogP contribution in [0.5, 0.6) is 0 Å². The molecule has 0 saturated carbocycles. The number of aromatic nitrogens is 1. The lowest BCUT2D eigenvalue weighted by molar-refractivity contribution is -0.338. The monoisotopic (exact) mass is 324 g/mol. The van der Waals surface area contributed by atoms with Crippen LogP contribution in [0.4, 0.5) is 30.7 Å². The molecule has 3 nitrogen and oxygen atoms in total. The van der Waals surface area contributed by atoms with Crippen LogP contribution in [0.25, 0.3) is 0 Å². The van der Waals surface area contributed by atoms with Gasteiger partial charge in [-0.25, -0.2) is 4.39 Å². The fourth-order valence-electron chi connectivity index (χ4n) is 1.13. The van der Waals surface area contributed by atoms with Crippen LogP contribution in [-0.2, 0) is 0 Å². The summed E-state index contributed by atoms with van der Waals surface area (Å²) in [5, 5.41) is 1.26. The Balaban J connectivity index is 2.86. The summed E-state index contributed by atoms with van der Waals surface area (Å²) in [5.41, 5.74) is -5.89. The van der Waals surface area contributed by atoms with Crippen LogP contribution in [0.3, 0.4) is 0 Å². The van der Waals surface area contributed by atoms with Crippen molar-refractivity contribution in [3.05, 3.63) is 16.6 Å². The summed E-state index contributed by atoms with van der Waals surface area (Å²) < 4.78 is 89.9. The van der Waals surface area contributed by atoms with Crippen molar-refractivity contribution in [1.82, 2.24) is 9.69 Å². The summed E-state index contributed by atoms with van der Waals surface area (Å²) in [6, 6.07) is 1.15. The number of amides is 1. The van der Waals surface area contributed by atoms with E-state index in [1.807, 2.05) is 0 Å². The highest BCUT2D eigenvalue weighted by Crippen LogP contribution is 2.45. The second-order valence-electron chi connectivity index (χ2n) is 3.80. The molecule has 0 saturated heterocycles. The number of aryl methyl sites for hydroxylation is 1. The Labute approximate surface area is 111 Å². The first-order valence-corrected chi connectivity index (χ1v) is 5.70. The summed E-state index contributed by atoms with van der Waals surface area (Å²) in [6.07, 6.45) is -12.4. The van der Waals surface area contributed by atoms with Gasteiger partial charge in [0.2, 0.25) is 0 Å². The van der Waals surface area contributed by atoms with Gasteiger partial charge in [-0.3, -0.25) is 4.79 Å². The number of hydrogen-bond acceptors (Lipinski definition) is 3. The van der Waals surface area contributed by atoms with E-state index in [0.29, 0.717) is 4.88 Å². The van der Waals surface area contributed by atoms with Gasteiger partial charge in [-0.05, 0) is 24.5 Å². The lowest BCUT2D eigenvalue weighted by Crippen LogP contribution is -2.59. The summed E-state index contributed by atoms with van der Waals surface area (Å²) in [5.74, 6) is -1.31. The number of alkyl halides is 7. The van der Waals surface area contributed by atoms with Gasteiger partial charge in [0.15, 0.2) is 0 Å². The maximum absolute atomic E-state index is 13.2. The molecule has 0 unspecified atom stereocenters. The Bertz CT molecular complexity index is 479. The Morgan fingerprint density at radius 2 is 1.70 bits per heavy atom. The topological polar surface area (TPSA) is 42.0 Å². The molecule has 0 bridgehead atoms. The van der Waals surface area contributed by atoms with Crippen molar-refractivity contribution in [2.45, 2.75) is 24.9 Å². The minimum atomic E-state index is -6.20. The molecule has 114 valence electrons. The zero-order chi connectivity index (χ0) is 15.8. The van der Waals surface area contributed by atoms with E-state index in [4.69, 9.17) is 0 Å². The molecule has 0 aliphatic rings. The number of carbonyl (C=O) groups excluding carboxylic acids is 1. The summed E-state index contributed by atoms with van der Waals surface area (Å²) in [6.45, 7) is -0.741. The van der Waals surface area contributed by atoms with Crippen molar-refractivity contribution in [2.24, 2.45) is 0 Å². The van der Waals surface area contributed by atoms with Gasteiger partial charge in [-0.15, -0.1) is 0 Å². The SMILES string of the molecule is Cc1cc(C(=O)NCC(F)(C(F)(F)F)C(F)(F)F)ns1. The molecular weight excluding hydrogens is 317 g/mol. The fraction of sp³-hybridized carbons (Fsp3) is 0.556. The average Bonchev–Trinajstić information content (AvgIpc) is 2.69. The second-order valence-corrected chi connectivity index (χ2v) is 4.81. The third kappa shape index (κ3) is 3.19. The van der Waals surface area contributed by atoms with Gasteiger partial charge in [-0.2, -0.15) is 30.7 Å². The van der Waals surface area contributed by atoms with Crippen molar-refractivity contribution in [1.29, 1.82) is 0 Å². The van der Waals surface area contributed by atoms with Gasteiger partial charge >= 0.3 is 18.0 Å². The number of hydrogen-bond donors (Lipinski definition) is 1. The Morgan fingerprint density at radius 3 is 2.05 bits per heavy atom. The van der Waals surface area contributed by atoms with E-state index in [0.717, 1.165) is 17.6 Å². The largest absolute Gasteiger partial charge is 0.433 e. The molecule has 0 aromatic carbocycles. The zero-order valence-corrected chi connectivity index (χ0v) is 10.5. The summed E-state index contributed by atoms with van der Waals surface area (Å²) >= 11 is 0.828. The highest BCUT2D eigenvalue weighted by molar-refractivity contribution is 7.05. The predicted molar refractivity (Wildman–Crippen MR) is 55.1 cm³/mol. The molecule has 1 heterocycles. The normalized spacial score (nSPS) is 13.4. The first-order valence-electron chi connectivity index (χ1n) is 4.92. The van der Waals surface area contributed by atoms with E-state index in [9.17, 15) is 35.5 Å². The molecule has 1 aromatic rings. The minimum Gasteiger partial charge on any atom is -0.347 e. The smallest absolute Gasteiger partial charge is 0.347 e. The quantitative estimate of drug-likeness (QED) is 0.869. The van der Waals surface area contributed by atoms with E-state index in [-0.39, 0.29) is 5.69 Å². The van der Waals surface area contributed by atoms with Crippen LogP contribution in [0, 0.1) is 6.92 Å². The van der Waals surface area contributed by atoms with Crippen molar-refractivity contribution in [3.63, 3.8) is 0 Å². The molecule has 0 fully saturated rings. The number of nitrogens with one attached hydrogen (secondary N) is 1. The molecule has 0 aliphatic heterocycles. The third-order valence-corrected chi connectivity index (χ3v) is 2.95. The zero-order valence-electron chi connectivity index (χ0n) is 9.69. The van der Waals surface area contributed by atoms with Crippen molar-refractivity contribution in [3.8, 4) is 0 Å². The molecule has 1 N–H and O–H groups in total. The molecule has 20 heavy (non-hydrogen) atoms. The molecule has 1 amide bonds. The maximum atomic E-state index is 13.2. The van der Waals surface area contributed by atoms with Crippen molar-refractivity contribution >= 4 is 17.4 Å². The molecule has 0 spiro atoms. The Morgan fingerprint density at radius 1 is 1.20 bits per heavy atom. The molecule has 1 aromatic heterocycles. The molecule has 1 rings (SSSR count). The summed E-state index contributed by atoms with van der Waals surface area (Å²) in [4.78, 5) is 11.8. The maximum Gasteiger partial charge on any atom is 0.433 e. The molecule has 0 aliphatic carbocycles. The van der Waals surface area contributed by atoms with E-state index >= 15 is 0 Å². The van der Waals surface area contributed by atoms with E-state index < -0.39 is 30.5 Å². The second kappa shape index (κ2) is 5.19. The van der Waals surface area contributed by atoms with Crippen LogP contribution in [0.1, 0.15) is 15.4 Å². The van der Waals surface area contributed by atoms with Crippen LogP contribution in [0.2, 0.25) is 0 Å². The van der Waals surface area contributed by atoms with Crippen molar-refractivity contribution < 1.29 is 35.5 Å². The highest BCUT2D eigenvalue weighted by Gasteiger charge is 2.72. The van der Waals surface area contributed by atoms with Gasteiger partial charge in [0, 0.05) is 4.88 Å². The first kappa shape index (κ1) is 16.7. The van der Waals surface area contributed by atoms with Crippen LogP contribution < -0.4 is 5.32 Å². The standard InChI is InChI=1S/C9H7F7N2OS/c1-4-2-5(18-20-4)6(19)17-3-7(10,8(11,12)13)9(14,15)16/h2H,3H2,1H3,(H,17,19). The first-order chi connectivity index (χ1) is 8.88. The minimum absolute atomic E-state index is 0.376. The van der Waals surface area contributed by atoms with E-state index in [1.165, 1.54) is 12.2 Å². The Kier molecular flexibility index (Phi) is 4.32. The number of rotatable bonds is 3. The number of nitrogens with zero attached hydrogens (tertiary/aromatic N) is 1. The lowest BCUT2D eigenvalue weighted by atomic mass is 10.1. The van der Waals surface area contributed by atoms with Gasteiger partial charge in [-0.1, -0.05) is 0 Å². The van der Waals surface area contributed by atoms with Crippen LogP contribution in [0.15, 0.2) is 6.07 Å². The van der Waals surface area contributed by atoms with Gasteiger partial charge in [0.05, 0.1) is 6.54 Å². The molecule has 11 heteroatoms. The Hall–Kier alpha value is -1.39. The predicted octanol–water partition coefficient (Wildman–Crippen LogP) is 3.01. The van der Waals surface area contributed by atoms with Crippen molar-refractivity contribution in [2.75, 3.05) is 6.54 Å². The van der Waals surface area contributed by atoms with Crippen LogP contribution in [-0.4, -0.2) is 34.8 Å². The van der Waals surface area contributed by atoms with Gasteiger partial charge in [0.25, 0.3) is 5.91 Å². The molecular formula is C9H7F7N2OS. The van der Waals surface area contributed by atoms with E-state index in [2.05, 4.69) is 4.37 Å². The van der Waals surface area contributed by atoms with Crippen LogP contribution >= 0.6 is 11.5 Å². The third-order valence-electron chi connectivity index (χ3n) is 2.25. The number of carbonyl (C=O) groups is 1. The van der Waals surface area contributed by atoms with Gasteiger partial charge < -0.3 is 5.32 Å². The van der Waals surface area contributed by atoms with E-state index in [1.54, 1.807) is 0 Å². The molecule has 0 radical (unpaired) electrons.